The molecule has 4 bridgehead atoms. The molecule has 3 aromatic carbocycles. The summed E-state index contributed by atoms with van der Waals surface area (Å²) in [6, 6.07) is 18.5. The average Bonchev–Trinajstić information content (AvgIpc) is 3.71. The van der Waals surface area contributed by atoms with Crippen molar-refractivity contribution in [3.8, 4) is 16.9 Å². The Morgan fingerprint density at radius 3 is 2.37 bits per heavy atom. The first-order valence-corrected chi connectivity index (χ1v) is 25.7. The lowest BCUT2D eigenvalue weighted by atomic mass is 9.43. The molecule has 1 saturated heterocycles. The highest BCUT2D eigenvalue weighted by atomic mass is 16.7. The summed E-state index contributed by atoms with van der Waals surface area (Å²) < 4.78 is 24.4. The minimum atomic E-state index is -1.13. The summed E-state index contributed by atoms with van der Waals surface area (Å²) >= 11 is 0. The van der Waals surface area contributed by atoms with E-state index < -0.39 is 48.3 Å². The molecule has 9 atom stereocenters. The molecule has 378 valence electrons. The van der Waals surface area contributed by atoms with E-state index in [1.807, 2.05) is 19.1 Å². The maximum absolute atomic E-state index is 14.7. The standard InChI is InChI=1S/C56H76BN3O10/c1-35-28-49(64)52(60(6)54(66)43(13-8-9-25-58)31-47(62)40-21-19-39(20-22-40)38-17-15-37(16-18-38)12-10-26-67-7)42-23-24-46(61)41(30-42)14-11-27-68-34-45(59-53(35)65)48(63)29-36(2)57-69-51-33-44-32-50(55(44,3)4)56(51,5)70-57/h15-24,30,35-36,43-45,50-52,61H,8-14,25-29,31-34,58H2,1-7H3,(H,59,65)/t35-,36-,43-,44+,45+,50+,51-,52+,56+/m1/s1. The minimum Gasteiger partial charge on any atom is -0.508 e. The van der Waals surface area contributed by atoms with E-state index in [4.69, 9.17) is 24.5 Å². The van der Waals surface area contributed by atoms with Gasteiger partial charge in [-0.3, -0.25) is 24.0 Å². The van der Waals surface area contributed by atoms with Crippen molar-refractivity contribution in [2.45, 2.75) is 141 Å². The van der Waals surface area contributed by atoms with Gasteiger partial charge in [0.1, 0.15) is 17.8 Å². The summed E-state index contributed by atoms with van der Waals surface area (Å²) in [6.07, 6.45) is 6.18. The van der Waals surface area contributed by atoms with Crippen molar-refractivity contribution in [1.29, 1.82) is 0 Å². The number of nitrogens with zero attached hydrogens (tertiary/aromatic N) is 1. The molecule has 3 aromatic rings. The van der Waals surface area contributed by atoms with Crippen LogP contribution in [-0.4, -0.2) is 105 Å². The van der Waals surface area contributed by atoms with Crippen LogP contribution < -0.4 is 11.1 Å². The van der Waals surface area contributed by atoms with Gasteiger partial charge in [-0.05, 0) is 128 Å². The van der Waals surface area contributed by atoms with Crippen LogP contribution in [0.3, 0.4) is 0 Å². The normalized spacial score (nSPS) is 26.4. The van der Waals surface area contributed by atoms with E-state index in [1.165, 1.54) is 16.5 Å². The highest BCUT2D eigenvalue weighted by Gasteiger charge is 2.68. The fourth-order valence-electron chi connectivity index (χ4n) is 11.6. The molecule has 14 heteroatoms. The second-order valence-electron chi connectivity index (χ2n) is 21.5. The van der Waals surface area contributed by atoms with Gasteiger partial charge in [-0.15, -0.1) is 0 Å². The Hall–Kier alpha value is -4.73. The van der Waals surface area contributed by atoms with E-state index in [0.29, 0.717) is 73.8 Å². The molecule has 3 aliphatic carbocycles. The Balaban J connectivity index is 1.04. The van der Waals surface area contributed by atoms with Crippen LogP contribution in [0.1, 0.15) is 132 Å². The number of nitrogens with two attached hydrogens (primary N) is 1. The molecule has 70 heavy (non-hydrogen) atoms. The first-order chi connectivity index (χ1) is 33.4. The molecule has 3 saturated carbocycles. The van der Waals surface area contributed by atoms with Crippen molar-refractivity contribution in [2.24, 2.45) is 34.8 Å². The molecule has 4 fully saturated rings. The van der Waals surface area contributed by atoms with Gasteiger partial charge in [-0.2, -0.15) is 0 Å². The first kappa shape index (κ1) is 53.1. The van der Waals surface area contributed by atoms with Crippen LogP contribution in [0.2, 0.25) is 5.82 Å². The van der Waals surface area contributed by atoms with E-state index in [1.54, 1.807) is 45.3 Å². The monoisotopic (exact) mass is 962 g/mol. The largest absolute Gasteiger partial charge is 0.508 e. The molecular weight excluding hydrogens is 885 g/mol. The number of likely N-dealkylation sites (N-methyl/N-ethyl adjacent to an activating group) is 1. The van der Waals surface area contributed by atoms with Crippen LogP contribution in [0.15, 0.2) is 66.7 Å². The lowest BCUT2D eigenvalue weighted by Crippen LogP contribution is -2.65. The van der Waals surface area contributed by atoms with E-state index in [-0.39, 0.29) is 73.0 Å². The van der Waals surface area contributed by atoms with Gasteiger partial charge < -0.3 is 39.8 Å². The average molecular weight is 962 g/mol. The lowest BCUT2D eigenvalue weighted by molar-refractivity contribution is -0.199. The maximum atomic E-state index is 14.7. The number of carbonyl (C=O) groups excluding carboxylic acids is 5. The summed E-state index contributed by atoms with van der Waals surface area (Å²) in [7, 11) is 2.71. The molecule has 4 N–H and O–H groups in total. The predicted octanol–water partition coefficient (Wildman–Crippen LogP) is 8.28. The number of methoxy groups -OCH3 is 1. The molecular formula is C56H76BN3O10. The van der Waals surface area contributed by atoms with Crippen molar-refractivity contribution in [2.75, 3.05) is 40.5 Å². The number of hydrogen-bond acceptors (Lipinski definition) is 11. The topological polar surface area (TPSA) is 184 Å². The van der Waals surface area contributed by atoms with E-state index >= 15 is 0 Å². The van der Waals surface area contributed by atoms with E-state index in [9.17, 15) is 29.1 Å². The van der Waals surface area contributed by atoms with Crippen LogP contribution in [0.25, 0.3) is 11.1 Å². The minimum absolute atomic E-state index is 0.0241. The summed E-state index contributed by atoms with van der Waals surface area (Å²) in [5, 5.41) is 13.9. The van der Waals surface area contributed by atoms with Crippen LogP contribution in [-0.2, 0) is 50.8 Å². The van der Waals surface area contributed by atoms with Gasteiger partial charge in [0.2, 0.25) is 11.8 Å². The SMILES string of the molecule is COCCCc1ccc(-c2ccc(C(=O)C[C@@H](CCCCN)C(=O)N(C)[C@@H]3C(=O)C[C@@H](C)C(=O)N[C@H](C(=O)C[C@@H](C)B4O[C@@H]5C[C@@H]6C[C@@H](C6(C)C)[C@]5(C)O4)COCCCc4cc3ccc4O)cc2)cc1. The van der Waals surface area contributed by atoms with Gasteiger partial charge in [0.05, 0.1) is 18.3 Å². The zero-order valence-corrected chi connectivity index (χ0v) is 42.5. The van der Waals surface area contributed by atoms with E-state index in [2.05, 4.69) is 50.4 Å². The Morgan fingerprint density at radius 1 is 0.971 bits per heavy atom. The summed E-state index contributed by atoms with van der Waals surface area (Å²) in [6.45, 7) is 11.6. The van der Waals surface area contributed by atoms with Crippen LogP contribution >= 0.6 is 0 Å². The smallest absolute Gasteiger partial charge is 0.461 e. The highest BCUT2D eigenvalue weighted by molar-refractivity contribution is 6.47. The Kier molecular flexibility index (Phi) is 17.6. The van der Waals surface area contributed by atoms with Crippen molar-refractivity contribution in [1.82, 2.24) is 10.2 Å². The molecule has 8 rings (SSSR count). The fourth-order valence-corrected chi connectivity index (χ4v) is 11.6. The number of ether oxygens (including phenoxy) is 2. The zero-order valence-electron chi connectivity index (χ0n) is 42.5. The number of phenolic OH excluding ortho intramolecular Hbond substituents is 1. The number of phenols is 1. The summed E-state index contributed by atoms with van der Waals surface area (Å²) in [5.74, 6) is -2.59. The third-order valence-electron chi connectivity index (χ3n) is 16.2. The second-order valence-corrected chi connectivity index (χ2v) is 21.5. The number of hydrogen-bond donors (Lipinski definition) is 3. The molecule has 2 heterocycles. The number of amides is 2. The number of aromatic hydroxyl groups is 1. The molecule has 0 aromatic heterocycles. The van der Waals surface area contributed by atoms with E-state index in [0.717, 1.165) is 36.8 Å². The van der Waals surface area contributed by atoms with Crippen LogP contribution in [0.4, 0.5) is 0 Å². The number of nitrogens with one attached hydrogen (secondary N) is 1. The van der Waals surface area contributed by atoms with Gasteiger partial charge in [-0.25, -0.2) is 0 Å². The Labute approximate surface area is 415 Å². The van der Waals surface area contributed by atoms with Crippen molar-refractivity contribution in [3.63, 3.8) is 0 Å². The highest BCUT2D eigenvalue weighted by Crippen LogP contribution is 2.66. The van der Waals surface area contributed by atoms with Gasteiger partial charge in [0, 0.05) is 64.0 Å². The third kappa shape index (κ3) is 12.0. The molecule has 0 radical (unpaired) electrons. The number of unbranched alkanes of at least 4 members (excludes halogenated alkanes) is 1. The van der Waals surface area contributed by atoms with Crippen LogP contribution in [0, 0.1) is 29.1 Å². The number of aryl methyl sites for hydroxylation is 2. The molecule has 2 aliphatic heterocycles. The van der Waals surface area contributed by atoms with Gasteiger partial charge in [-0.1, -0.05) is 88.7 Å². The van der Waals surface area contributed by atoms with Crippen molar-refractivity contribution >= 4 is 36.3 Å². The maximum Gasteiger partial charge on any atom is 0.461 e. The lowest BCUT2D eigenvalue weighted by Gasteiger charge is -2.64. The van der Waals surface area contributed by atoms with Gasteiger partial charge in [0.25, 0.3) is 0 Å². The van der Waals surface area contributed by atoms with Gasteiger partial charge in [0.15, 0.2) is 17.3 Å². The quantitative estimate of drug-likeness (QED) is 0.0634. The zero-order chi connectivity index (χ0) is 50.3. The number of carbonyl (C=O) groups is 5. The third-order valence-corrected chi connectivity index (χ3v) is 16.2. The van der Waals surface area contributed by atoms with Crippen molar-refractivity contribution < 1.29 is 47.9 Å². The number of benzene rings is 3. The number of rotatable bonds is 18. The first-order valence-electron chi connectivity index (χ1n) is 25.7. The Morgan fingerprint density at radius 2 is 1.69 bits per heavy atom. The summed E-state index contributed by atoms with van der Waals surface area (Å²) in [4.78, 5) is 72.9. The summed E-state index contributed by atoms with van der Waals surface area (Å²) in [5.41, 5.74) is 10.4. The van der Waals surface area contributed by atoms with Crippen LogP contribution in [0.5, 0.6) is 5.75 Å². The molecule has 2 amide bonds. The number of Topliss-reactive ketones (excluding diaryl/α,β-unsaturated/α-hetero) is 3. The molecule has 0 unspecified atom stereocenters. The molecule has 5 aliphatic rings. The molecule has 13 nitrogen and oxygen atoms in total. The fraction of sp³-hybridized carbons (Fsp3) is 0.589. The van der Waals surface area contributed by atoms with Gasteiger partial charge >= 0.3 is 7.12 Å². The predicted molar refractivity (Wildman–Crippen MR) is 270 cm³/mol. The number of ketones is 3. The van der Waals surface area contributed by atoms with Crippen molar-refractivity contribution in [3.05, 3.63) is 89.0 Å². The molecule has 0 spiro atoms. The number of fused-ring (bicyclic) bond motifs is 2. The Bertz CT molecular complexity index is 2320. The second kappa shape index (κ2) is 23.2.